The molecule has 308 valence electrons. The fourth-order valence-corrected chi connectivity index (χ4v) is 9.50. The standard InChI is InChI=1S/C39H69NO13/c1-15-27(42)39(11,45)34-21(4)29-19(2)17-38(10,53-29)33(52-36-31(49-25(8)41)26(40(12)13)16-20(3)47-36)22(5)30(23(6)35(44)51-34)50-28-18-37(9,46-14)32(43)24(7)48-28/h19-24,26-34,36,42-43,45H,15-18H2,1-14H3/t19?,20-,21+,22+,23-,24+,26+,27-,28+,29?,30+,31-,32+,33-,34-,36+,37-,38-,39-/m1/s1. The van der Waals surface area contributed by atoms with Crippen molar-refractivity contribution in [2.75, 3.05) is 21.2 Å². The number of carbonyl (C=O) groups is 2. The molecule has 53 heavy (non-hydrogen) atoms. The Labute approximate surface area is 316 Å². The lowest BCUT2D eigenvalue weighted by atomic mass is 9.76. The fraction of sp³-hybridized carbons (Fsp3) is 0.949. The Kier molecular flexibility index (Phi) is 14.2. The molecular formula is C39H69NO13. The van der Waals surface area contributed by atoms with E-state index >= 15 is 0 Å². The first-order chi connectivity index (χ1) is 24.5. The first kappa shape index (κ1) is 44.3. The fourth-order valence-electron chi connectivity index (χ4n) is 9.50. The lowest BCUT2D eigenvalue weighted by Gasteiger charge is -2.49. The van der Waals surface area contributed by atoms with Gasteiger partial charge in [-0.3, -0.25) is 9.59 Å². The minimum absolute atomic E-state index is 0.0864. The average Bonchev–Trinajstić information content (AvgIpc) is 3.39. The molecule has 0 radical (unpaired) electrons. The van der Waals surface area contributed by atoms with Gasteiger partial charge < -0.3 is 58.1 Å². The molecule has 2 unspecified atom stereocenters. The Morgan fingerprint density at radius 1 is 1.04 bits per heavy atom. The van der Waals surface area contributed by atoms with E-state index in [9.17, 15) is 24.9 Å². The van der Waals surface area contributed by atoms with Crippen LogP contribution < -0.4 is 0 Å². The second-order valence-electron chi connectivity index (χ2n) is 17.3. The van der Waals surface area contributed by atoms with Crippen molar-refractivity contribution in [3.8, 4) is 0 Å². The predicted octanol–water partition coefficient (Wildman–Crippen LogP) is 3.19. The monoisotopic (exact) mass is 759 g/mol. The summed E-state index contributed by atoms with van der Waals surface area (Å²) in [6.07, 6.45) is -7.48. The number of likely N-dealkylation sites (N-methyl/N-ethyl adjacent to an activating group) is 1. The number of aliphatic hydroxyl groups excluding tert-OH is 2. The third kappa shape index (κ3) is 9.08. The maximum atomic E-state index is 14.4. The lowest BCUT2D eigenvalue weighted by molar-refractivity contribution is -0.319. The summed E-state index contributed by atoms with van der Waals surface area (Å²) in [7, 11) is 5.38. The van der Waals surface area contributed by atoms with E-state index < -0.39 is 108 Å². The van der Waals surface area contributed by atoms with E-state index in [0.717, 1.165) is 0 Å². The highest BCUT2D eigenvalue weighted by Crippen LogP contribution is 2.48. The summed E-state index contributed by atoms with van der Waals surface area (Å²) in [5, 5.41) is 33.8. The van der Waals surface area contributed by atoms with Gasteiger partial charge in [-0.1, -0.05) is 27.7 Å². The second kappa shape index (κ2) is 17.0. The molecule has 4 fully saturated rings. The molecule has 4 heterocycles. The molecule has 4 rings (SSSR count). The van der Waals surface area contributed by atoms with Gasteiger partial charge in [0, 0.05) is 32.3 Å². The van der Waals surface area contributed by atoms with Gasteiger partial charge in [0.2, 0.25) is 0 Å². The molecule has 3 N–H and O–H groups in total. The van der Waals surface area contributed by atoms with Crippen LogP contribution in [0, 0.1) is 23.7 Å². The molecule has 4 saturated heterocycles. The number of hydrogen-bond donors (Lipinski definition) is 3. The number of esters is 2. The van der Waals surface area contributed by atoms with Crippen LogP contribution in [0.2, 0.25) is 0 Å². The van der Waals surface area contributed by atoms with Crippen molar-refractivity contribution in [1.82, 2.24) is 4.90 Å². The van der Waals surface area contributed by atoms with Crippen LogP contribution in [0.3, 0.4) is 0 Å². The first-order valence-corrected chi connectivity index (χ1v) is 19.5. The SMILES string of the molecule is CC[C@@H](O)[C@@](C)(O)[C@@H]1OC(=O)[C@H](C)[C@@H](O[C@H]2C[C@@](C)(OC)[C@@H](O)[C@H](C)O2)[C@H](C)[C@@H](O[C@@H]2O[C@H](C)C[C@H](N(C)C)[C@H]2OC(C)=O)[C@@]2(C)CC(C)C(O2)[C@@H]1C. The average molecular weight is 760 g/mol. The summed E-state index contributed by atoms with van der Waals surface area (Å²) in [6.45, 7) is 19.6. The van der Waals surface area contributed by atoms with E-state index in [4.69, 9.17) is 37.9 Å². The lowest BCUT2D eigenvalue weighted by Crippen LogP contribution is -2.60. The zero-order valence-corrected chi connectivity index (χ0v) is 34.4. The molecule has 14 nitrogen and oxygen atoms in total. The molecule has 0 spiro atoms. The van der Waals surface area contributed by atoms with Crippen LogP contribution in [0.4, 0.5) is 0 Å². The van der Waals surface area contributed by atoms with Crippen LogP contribution in [-0.2, 0) is 47.5 Å². The van der Waals surface area contributed by atoms with Crippen LogP contribution in [0.1, 0.15) is 102 Å². The third-order valence-electron chi connectivity index (χ3n) is 12.6. The van der Waals surface area contributed by atoms with Gasteiger partial charge in [-0.2, -0.15) is 0 Å². The van der Waals surface area contributed by atoms with E-state index in [0.29, 0.717) is 12.8 Å². The summed E-state index contributed by atoms with van der Waals surface area (Å²) >= 11 is 0. The van der Waals surface area contributed by atoms with Crippen molar-refractivity contribution in [3.05, 3.63) is 0 Å². The number of rotatable bonds is 10. The molecule has 2 bridgehead atoms. The zero-order chi connectivity index (χ0) is 40.0. The van der Waals surface area contributed by atoms with Crippen LogP contribution >= 0.6 is 0 Å². The molecule has 4 aliphatic rings. The van der Waals surface area contributed by atoms with Gasteiger partial charge in [-0.25, -0.2) is 0 Å². The van der Waals surface area contributed by atoms with Gasteiger partial charge in [-0.05, 0) is 80.8 Å². The van der Waals surface area contributed by atoms with Crippen LogP contribution in [0.25, 0.3) is 0 Å². The number of nitrogens with zero attached hydrogens (tertiary/aromatic N) is 1. The van der Waals surface area contributed by atoms with Gasteiger partial charge in [-0.15, -0.1) is 0 Å². The summed E-state index contributed by atoms with van der Waals surface area (Å²) in [5.74, 6) is -3.27. The minimum Gasteiger partial charge on any atom is -0.459 e. The summed E-state index contributed by atoms with van der Waals surface area (Å²) < 4.78 is 51.5. The normalized spacial score (nSPS) is 47.3. The number of fused-ring (bicyclic) bond motifs is 2. The highest BCUT2D eigenvalue weighted by atomic mass is 16.7. The Balaban J connectivity index is 1.86. The van der Waals surface area contributed by atoms with Gasteiger partial charge >= 0.3 is 11.9 Å². The smallest absolute Gasteiger partial charge is 0.311 e. The van der Waals surface area contributed by atoms with Gasteiger partial charge in [0.1, 0.15) is 17.8 Å². The van der Waals surface area contributed by atoms with Crippen molar-refractivity contribution >= 4 is 11.9 Å². The van der Waals surface area contributed by atoms with E-state index in [1.54, 1.807) is 27.7 Å². The molecule has 0 aromatic heterocycles. The highest BCUT2D eigenvalue weighted by molar-refractivity contribution is 5.73. The van der Waals surface area contributed by atoms with Crippen LogP contribution in [0.15, 0.2) is 0 Å². The molecule has 0 amide bonds. The first-order valence-electron chi connectivity index (χ1n) is 19.5. The van der Waals surface area contributed by atoms with Crippen molar-refractivity contribution in [2.45, 2.75) is 192 Å². The molecule has 0 saturated carbocycles. The maximum Gasteiger partial charge on any atom is 0.311 e. The molecule has 19 atom stereocenters. The number of ether oxygens (including phenoxy) is 8. The number of carbonyl (C=O) groups excluding carboxylic acids is 2. The van der Waals surface area contributed by atoms with E-state index in [-0.39, 0.29) is 30.9 Å². The Morgan fingerprint density at radius 3 is 2.25 bits per heavy atom. The quantitative estimate of drug-likeness (QED) is 0.278. The van der Waals surface area contributed by atoms with Crippen molar-refractivity contribution in [3.63, 3.8) is 0 Å². The van der Waals surface area contributed by atoms with Gasteiger partial charge in [0.25, 0.3) is 0 Å². The number of methoxy groups -OCH3 is 1. The predicted molar refractivity (Wildman–Crippen MR) is 193 cm³/mol. The molecule has 4 aliphatic heterocycles. The topological polar surface area (TPSA) is 172 Å². The summed E-state index contributed by atoms with van der Waals surface area (Å²) in [4.78, 5) is 28.9. The maximum absolute atomic E-state index is 14.4. The largest absolute Gasteiger partial charge is 0.459 e. The van der Waals surface area contributed by atoms with Crippen molar-refractivity contribution in [2.24, 2.45) is 23.7 Å². The number of hydrogen-bond acceptors (Lipinski definition) is 14. The highest BCUT2D eigenvalue weighted by Gasteiger charge is 2.59. The molecule has 0 aromatic rings. The third-order valence-corrected chi connectivity index (χ3v) is 12.6. The molecule has 0 aliphatic carbocycles. The van der Waals surface area contributed by atoms with Gasteiger partial charge in [0.05, 0.1) is 59.8 Å². The minimum atomic E-state index is -1.81. The van der Waals surface area contributed by atoms with Gasteiger partial charge in [0.15, 0.2) is 18.7 Å². The zero-order valence-electron chi connectivity index (χ0n) is 34.4. The van der Waals surface area contributed by atoms with Crippen LogP contribution in [-0.4, -0.2) is 144 Å². The van der Waals surface area contributed by atoms with E-state index in [1.165, 1.54) is 21.0 Å². The molecule has 0 aromatic carbocycles. The van der Waals surface area contributed by atoms with E-state index in [1.807, 2.05) is 46.7 Å². The number of aliphatic hydroxyl groups is 3. The summed E-state index contributed by atoms with van der Waals surface area (Å²) in [5.41, 5.74) is -3.80. The van der Waals surface area contributed by atoms with E-state index in [2.05, 4.69) is 6.92 Å². The Morgan fingerprint density at radius 2 is 1.68 bits per heavy atom. The second-order valence-corrected chi connectivity index (χ2v) is 17.3. The Hall–Kier alpha value is -1.46. The molecule has 14 heteroatoms. The summed E-state index contributed by atoms with van der Waals surface area (Å²) in [6, 6.07) is -0.209. The Bertz CT molecular complexity index is 1250. The molecular weight excluding hydrogens is 690 g/mol. The van der Waals surface area contributed by atoms with Crippen molar-refractivity contribution in [1.29, 1.82) is 0 Å². The van der Waals surface area contributed by atoms with Crippen molar-refractivity contribution < 1.29 is 62.8 Å². The number of cyclic esters (lactones) is 1. The van der Waals surface area contributed by atoms with Crippen LogP contribution in [0.5, 0.6) is 0 Å².